The molecule has 1 saturated carbocycles. The van der Waals surface area contributed by atoms with E-state index in [-0.39, 0.29) is 29.2 Å². The molecule has 5 nitrogen and oxygen atoms in total. The van der Waals surface area contributed by atoms with Crippen molar-refractivity contribution in [2.24, 2.45) is 5.92 Å². The van der Waals surface area contributed by atoms with Crippen LogP contribution in [-0.4, -0.2) is 22.4 Å². The number of hydrogen-bond donors (Lipinski definition) is 2. The number of rotatable bonds is 2. The first kappa shape index (κ1) is 15.8. The Bertz CT molecular complexity index is 1240. The Labute approximate surface area is 168 Å². The Morgan fingerprint density at radius 3 is 2.86 bits per heavy atom. The number of carbonyl (C=O) groups is 2. The highest BCUT2D eigenvalue weighted by Crippen LogP contribution is 2.65. The van der Waals surface area contributed by atoms with Crippen LogP contribution in [0, 0.1) is 5.92 Å². The normalized spacial score (nSPS) is 31.4. The van der Waals surface area contributed by atoms with Gasteiger partial charge in [0.15, 0.2) is 0 Å². The molecule has 3 aromatic rings. The van der Waals surface area contributed by atoms with Gasteiger partial charge in [-0.05, 0) is 42.0 Å². The lowest BCUT2D eigenvalue weighted by Gasteiger charge is -2.24. The highest BCUT2D eigenvalue weighted by atomic mass is 16.2. The van der Waals surface area contributed by atoms with E-state index in [0.29, 0.717) is 0 Å². The van der Waals surface area contributed by atoms with Gasteiger partial charge in [-0.15, -0.1) is 0 Å². The average Bonchev–Trinajstić information content (AvgIpc) is 3.00. The molecule has 1 saturated heterocycles. The van der Waals surface area contributed by atoms with Crippen molar-refractivity contribution in [1.82, 2.24) is 9.88 Å². The van der Waals surface area contributed by atoms with Gasteiger partial charge in [0.2, 0.25) is 11.8 Å². The van der Waals surface area contributed by atoms with E-state index in [9.17, 15) is 9.59 Å². The summed E-state index contributed by atoms with van der Waals surface area (Å²) in [7, 11) is 0. The molecular weight excluding hydrogens is 362 g/mol. The summed E-state index contributed by atoms with van der Waals surface area (Å²) in [4.78, 5) is 26.2. The van der Waals surface area contributed by atoms with Crippen molar-refractivity contribution in [2.45, 2.75) is 43.2 Å². The second-order valence-electron chi connectivity index (χ2n) is 8.99. The molecule has 2 aromatic carbocycles. The zero-order valence-corrected chi connectivity index (χ0v) is 15.9. The topological polar surface area (TPSA) is 63.1 Å². The van der Waals surface area contributed by atoms with E-state index in [4.69, 9.17) is 0 Å². The Kier molecular flexibility index (Phi) is 2.77. The minimum Gasteiger partial charge on any atom is -0.381 e. The van der Waals surface area contributed by atoms with E-state index < -0.39 is 5.92 Å². The van der Waals surface area contributed by atoms with E-state index in [0.717, 1.165) is 42.4 Å². The summed E-state index contributed by atoms with van der Waals surface area (Å²) in [6, 6.07) is 14.9. The van der Waals surface area contributed by atoms with E-state index in [2.05, 4.69) is 51.7 Å². The van der Waals surface area contributed by atoms with E-state index in [1.54, 1.807) is 0 Å². The van der Waals surface area contributed by atoms with Crippen molar-refractivity contribution in [2.75, 3.05) is 5.32 Å². The zero-order chi connectivity index (χ0) is 19.3. The third kappa shape index (κ3) is 1.82. The molecule has 0 spiro atoms. The molecule has 2 unspecified atom stereocenters. The van der Waals surface area contributed by atoms with Crippen LogP contribution in [0.5, 0.6) is 0 Å². The maximum atomic E-state index is 13.1. The fraction of sp³-hybridized carbons (Fsp3) is 0.333. The summed E-state index contributed by atoms with van der Waals surface area (Å²) in [5.41, 5.74) is 5.63. The van der Waals surface area contributed by atoms with Crippen molar-refractivity contribution >= 4 is 28.4 Å². The summed E-state index contributed by atoms with van der Waals surface area (Å²) in [6.45, 7) is 0.971. The molecule has 2 N–H and O–H groups in total. The number of fused-ring (bicyclic) bond motifs is 3. The van der Waals surface area contributed by atoms with Crippen LogP contribution in [-0.2, 0) is 28.0 Å². The predicted molar refractivity (Wildman–Crippen MR) is 110 cm³/mol. The molecule has 2 fully saturated rings. The van der Waals surface area contributed by atoms with Crippen molar-refractivity contribution in [3.8, 4) is 0 Å². The number of nitrogens with one attached hydrogen (secondary N) is 2. The molecule has 144 valence electrons. The Morgan fingerprint density at radius 1 is 1.03 bits per heavy atom. The summed E-state index contributed by atoms with van der Waals surface area (Å²) in [5.74, 6) is -1.06. The molecule has 4 atom stereocenters. The molecule has 2 amide bonds. The number of anilines is 1. The minimum absolute atomic E-state index is 0.118. The van der Waals surface area contributed by atoms with Gasteiger partial charge in [-0.2, -0.15) is 0 Å². The molecule has 3 aliphatic heterocycles. The molecule has 1 aliphatic carbocycles. The lowest BCUT2D eigenvalue weighted by Crippen LogP contribution is -2.32. The van der Waals surface area contributed by atoms with Crippen LogP contribution < -0.4 is 10.6 Å². The summed E-state index contributed by atoms with van der Waals surface area (Å²) in [6.07, 6.45) is 5.24. The second-order valence-corrected chi connectivity index (χ2v) is 8.99. The fourth-order valence-corrected chi connectivity index (χ4v) is 6.43. The standard InChI is InChI=1S/C24H21N3O2/c28-22-19(15-12-27-10-4-6-13-5-3-7-14(15)21(13)27)20(23(29)26-22)24-11-18(24)25-17-9-2-1-8-16(17)24/h1-3,5,7-9,12,18-20,25H,4,6,10-11H2,(H,26,28,29)/t18?,19-,20-,24?/m0/s1. The van der Waals surface area contributed by atoms with Gasteiger partial charge in [-0.25, -0.2) is 0 Å². The number of aryl methyl sites for hydroxylation is 2. The minimum atomic E-state index is -0.433. The quantitative estimate of drug-likeness (QED) is 0.669. The van der Waals surface area contributed by atoms with Crippen molar-refractivity contribution in [3.05, 3.63) is 65.4 Å². The number of para-hydroxylation sites is 2. The SMILES string of the molecule is O=C1NC(=O)[C@@H](c2cn3c4c(cccc24)CCC3)[C@@H]1C12CC1Nc1ccccc12. The zero-order valence-electron chi connectivity index (χ0n) is 15.9. The average molecular weight is 383 g/mol. The van der Waals surface area contributed by atoms with Crippen LogP contribution in [0.1, 0.15) is 35.4 Å². The molecule has 4 aliphatic rings. The number of amides is 2. The van der Waals surface area contributed by atoms with Crippen molar-refractivity contribution in [1.29, 1.82) is 0 Å². The van der Waals surface area contributed by atoms with Crippen molar-refractivity contribution in [3.63, 3.8) is 0 Å². The third-order valence-corrected chi connectivity index (χ3v) is 7.65. The molecular formula is C24H21N3O2. The van der Waals surface area contributed by atoms with Gasteiger partial charge in [0, 0.05) is 35.3 Å². The molecule has 4 heterocycles. The van der Waals surface area contributed by atoms with Crippen LogP contribution in [0.25, 0.3) is 10.9 Å². The first-order valence-electron chi connectivity index (χ1n) is 10.5. The molecule has 29 heavy (non-hydrogen) atoms. The summed E-state index contributed by atoms with van der Waals surface area (Å²) in [5, 5.41) is 7.39. The summed E-state index contributed by atoms with van der Waals surface area (Å²) < 4.78 is 2.29. The Hall–Kier alpha value is -3.08. The molecule has 0 radical (unpaired) electrons. The number of nitrogens with zero attached hydrogens (tertiary/aromatic N) is 1. The van der Waals surface area contributed by atoms with Gasteiger partial charge in [0.05, 0.1) is 17.4 Å². The summed E-state index contributed by atoms with van der Waals surface area (Å²) >= 11 is 0. The van der Waals surface area contributed by atoms with Gasteiger partial charge in [-0.1, -0.05) is 36.4 Å². The van der Waals surface area contributed by atoms with Gasteiger partial charge in [0.25, 0.3) is 0 Å². The number of imide groups is 1. The van der Waals surface area contributed by atoms with E-state index in [1.807, 2.05) is 12.1 Å². The highest BCUT2D eigenvalue weighted by Gasteiger charge is 2.70. The predicted octanol–water partition coefficient (Wildman–Crippen LogP) is 3.08. The maximum absolute atomic E-state index is 13.1. The van der Waals surface area contributed by atoms with Crippen LogP contribution in [0.15, 0.2) is 48.7 Å². The van der Waals surface area contributed by atoms with Crippen LogP contribution in [0.4, 0.5) is 5.69 Å². The lowest BCUT2D eigenvalue weighted by atomic mass is 9.73. The van der Waals surface area contributed by atoms with Gasteiger partial charge in [-0.3, -0.25) is 14.9 Å². The lowest BCUT2D eigenvalue weighted by molar-refractivity contribution is -0.126. The molecule has 7 rings (SSSR count). The van der Waals surface area contributed by atoms with Gasteiger partial charge < -0.3 is 9.88 Å². The fourth-order valence-electron chi connectivity index (χ4n) is 6.43. The number of benzene rings is 2. The highest BCUT2D eigenvalue weighted by molar-refractivity contribution is 6.11. The molecule has 0 bridgehead atoms. The number of aromatic nitrogens is 1. The van der Waals surface area contributed by atoms with Crippen LogP contribution in [0.2, 0.25) is 0 Å². The smallest absolute Gasteiger partial charge is 0.235 e. The monoisotopic (exact) mass is 383 g/mol. The van der Waals surface area contributed by atoms with Crippen LogP contribution in [0.3, 0.4) is 0 Å². The first-order valence-corrected chi connectivity index (χ1v) is 10.5. The Morgan fingerprint density at radius 2 is 1.93 bits per heavy atom. The van der Waals surface area contributed by atoms with E-state index in [1.165, 1.54) is 16.6 Å². The molecule has 5 heteroatoms. The third-order valence-electron chi connectivity index (χ3n) is 7.65. The second kappa shape index (κ2) is 5.09. The Balaban J connectivity index is 1.44. The van der Waals surface area contributed by atoms with Gasteiger partial charge in [0.1, 0.15) is 0 Å². The van der Waals surface area contributed by atoms with E-state index >= 15 is 0 Å². The molecule has 1 aromatic heterocycles. The number of carbonyl (C=O) groups excluding carboxylic acids is 2. The van der Waals surface area contributed by atoms with Crippen LogP contribution >= 0.6 is 0 Å². The first-order chi connectivity index (χ1) is 14.2. The number of hydrogen-bond acceptors (Lipinski definition) is 3. The van der Waals surface area contributed by atoms with Crippen molar-refractivity contribution < 1.29 is 9.59 Å². The largest absolute Gasteiger partial charge is 0.381 e. The van der Waals surface area contributed by atoms with Gasteiger partial charge >= 0.3 is 0 Å². The maximum Gasteiger partial charge on any atom is 0.235 e.